The van der Waals surface area contributed by atoms with E-state index in [1.165, 1.54) is 30.6 Å². The SMILES string of the molecule is CCCC[As](CCCC)C12CC3CC(CC(C3)C1)C2. The van der Waals surface area contributed by atoms with Crippen LogP contribution in [0.1, 0.15) is 78.1 Å². The number of rotatable bonds is 7. The van der Waals surface area contributed by atoms with Gasteiger partial charge in [-0.05, 0) is 0 Å². The maximum absolute atomic E-state index is 2.39. The van der Waals surface area contributed by atoms with Gasteiger partial charge in [-0.15, -0.1) is 0 Å². The molecule has 0 radical (unpaired) electrons. The Morgan fingerprint density at radius 3 is 1.58 bits per heavy atom. The average Bonchev–Trinajstić information content (AvgIpc) is 2.37. The van der Waals surface area contributed by atoms with Crippen molar-refractivity contribution in [1.82, 2.24) is 0 Å². The molecule has 0 amide bonds. The predicted molar refractivity (Wildman–Crippen MR) is 86.0 cm³/mol. The first-order valence-electron chi connectivity index (χ1n) is 9.01. The van der Waals surface area contributed by atoms with Gasteiger partial charge in [0.15, 0.2) is 0 Å². The summed E-state index contributed by atoms with van der Waals surface area (Å²) in [6.07, 6.45) is 15.9. The summed E-state index contributed by atoms with van der Waals surface area (Å²) in [5.74, 6) is 3.52. The molecule has 19 heavy (non-hydrogen) atoms. The molecule has 0 aliphatic heterocycles. The van der Waals surface area contributed by atoms with Crippen molar-refractivity contribution in [3.8, 4) is 0 Å². The number of hydrogen-bond acceptors (Lipinski definition) is 0. The fourth-order valence-electron chi connectivity index (χ4n) is 5.74. The van der Waals surface area contributed by atoms with Gasteiger partial charge >= 0.3 is 125 Å². The summed E-state index contributed by atoms with van der Waals surface area (Å²) in [6, 6.07) is 0. The Balaban J connectivity index is 1.72. The summed E-state index contributed by atoms with van der Waals surface area (Å²) < 4.78 is 0.964. The Morgan fingerprint density at radius 2 is 1.21 bits per heavy atom. The fourth-order valence-corrected chi connectivity index (χ4v) is 14.4. The zero-order valence-corrected chi connectivity index (χ0v) is 15.0. The minimum atomic E-state index is -0.560. The minimum absolute atomic E-state index is 0.560. The van der Waals surface area contributed by atoms with Crippen molar-refractivity contribution in [3.05, 3.63) is 0 Å². The molecule has 0 atom stereocenters. The van der Waals surface area contributed by atoms with Gasteiger partial charge in [0.05, 0.1) is 0 Å². The van der Waals surface area contributed by atoms with Gasteiger partial charge in [-0.1, -0.05) is 0 Å². The maximum atomic E-state index is 2.39. The van der Waals surface area contributed by atoms with E-state index in [-0.39, 0.29) is 0 Å². The molecule has 4 saturated carbocycles. The first-order chi connectivity index (χ1) is 9.25. The Bertz CT molecular complexity index is 253. The molecule has 0 aromatic heterocycles. The average molecular weight is 324 g/mol. The zero-order valence-electron chi connectivity index (χ0n) is 13.2. The summed E-state index contributed by atoms with van der Waals surface area (Å²) in [5, 5.41) is 3.38. The van der Waals surface area contributed by atoms with Gasteiger partial charge in [-0.2, -0.15) is 0 Å². The van der Waals surface area contributed by atoms with Crippen LogP contribution < -0.4 is 0 Å². The van der Waals surface area contributed by atoms with Gasteiger partial charge in [0.2, 0.25) is 0 Å². The van der Waals surface area contributed by atoms with Crippen molar-refractivity contribution in [2.75, 3.05) is 0 Å². The van der Waals surface area contributed by atoms with Crippen molar-refractivity contribution >= 4 is 14.7 Å². The topological polar surface area (TPSA) is 0 Å². The van der Waals surface area contributed by atoms with Crippen molar-refractivity contribution < 1.29 is 0 Å². The van der Waals surface area contributed by atoms with Gasteiger partial charge in [0, 0.05) is 0 Å². The Labute approximate surface area is 125 Å². The third kappa shape index (κ3) is 2.95. The van der Waals surface area contributed by atoms with E-state index in [9.17, 15) is 0 Å². The van der Waals surface area contributed by atoms with E-state index < -0.39 is 14.7 Å². The second-order valence-corrected chi connectivity index (χ2v) is 14.0. The Hall–Kier alpha value is 0.558. The van der Waals surface area contributed by atoms with Crippen molar-refractivity contribution in [2.45, 2.75) is 92.7 Å². The van der Waals surface area contributed by atoms with Crippen LogP contribution >= 0.6 is 0 Å². The number of unbranched alkanes of at least 4 members (excludes halogenated alkanes) is 2. The third-order valence-corrected chi connectivity index (χ3v) is 13.8. The van der Waals surface area contributed by atoms with E-state index >= 15 is 0 Å². The van der Waals surface area contributed by atoms with Crippen molar-refractivity contribution in [1.29, 1.82) is 0 Å². The first kappa shape index (κ1) is 14.5. The van der Waals surface area contributed by atoms with Crippen LogP contribution in [0.2, 0.25) is 14.6 Å². The quantitative estimate of drug-likeness (QED) is 0.500. The second kappa shape index (κ2) is 6.13. The van der Waals surface area contributed by atoms with Gasteiger partial charge < -0.3 is 0 Å². The van der Waals surface area contributed by atoms with Crippen LogP contribution in [-0.4, -0.2) is 14.7 Å². The van der Waals surface area contributed by atoms with Gasteiger partial charge in [-0.3, -0.25) is 0 Å². The molecule has 0 spiro atoms. The van der Waals surface area contributed by atoms with Crippen LogP contribution in [0.25, 0.3) is 0 Å². The standard InChI is InChI=1S/C18H33As/c1-3-5-7-19(8-6-4-2)18-12-15-9-16(13-18)11-17(10-15)14-18/h15-17H,3-14H2,1-2H3. The molecule has 0 unspecified atom stereocenters. The molecular weight excluding hydrogens is 291 g/mol. The van der Waals surface area contributed by atoms with Gasteiger partial charge in [0.25, 0.3) is 0 Å². The Kier molecular flexibility index (Phi) is 4.67. The predicted octanol–water partition coefficient (Wildman–Crippen LogP) is 6.05. The van der Waals surface area contributed by atoms with Crippen LogP contribution in [0.5, 0.6) is 0 Å². The van der Waals surface area contributed by atoms with E-state index in [0.717, 1.165) is 4.20 Å². The summed E-state index contributed by atoms with van der Waals surface area (Å²) in [6.45, 7) is 4.79. The van der Waals surface area contributed by atoms with Crippen molar-refractivity contribution in [3.63, 3.8) is 0 Å². The molecule has 0 nitrogen and oxygen atoms in total. The molecule has 0 heterocycles. The fraction of sp³-hybridized carbons (Fsp3) is 1.00. The number of hydrogen-bond donors (Lipinski definition) is 0. The van der Waals surface area contributed by atoms with Crippen LogP contribution in [0.15, 0.2) is 0 Å². The van der Waals surface area contributed by atoms with Crippen LogP contribution in [0, 0.1) is 17.8 Å². The van der Waals surface area contributed by atoms with Crippen LogP contribution in [0.4, 0.5) is 0 Å². The second-order valence-electron chi connectivity index (χ2n) is 7.84. The third-order valence-electron chi connectivity index (χ3n) is 6.24. The molecular formula is C18H33As. The molecule has 0 aromatic carbocycles. The molecule has 4 rings (SSSR count). The van der Waals surface area contributed by atoms with Gasteiger partial charge in [-0.25, -0.2) is 0 Å². The van der Waals surface area contributed by atoms with Crippen LogP contribution in [-0.2, 0) is 0 Å². The molecule has 0 N–H and O–H groups in total. The molecule has 1 heteroatoms. The molecule has 4 aliphatic carbocycles. The van der Waals surface area contributed by atoms with Crippen LogP contribution in [0.3, 0.4) is 0 Å². The van der Waals surface area contributed by atoms with E-state index in [0.29, 0.717) is 0 Å². The summed E-state index contributed by atoms with van der Waals surface area (Å²) in [7, 11) is 0. The van der Waals surface area contributed by atoms with E-state index in [1.807, 2.05) is 0 Å². The van der Waals surface area contributed by atoms with E-state index in [2.05, 4.69) is 13.8 Å². The van der Waals surface area contributed by atoms with E-state index in [1.54, 1.807) is 61.8 Å². The summed E-state index contributed by atoms with van der Waals surface area (Å²) in [4.78, 5) is 0. The summed E-state index contributed by atoms with van der Waals surface area (Å²) >= 11 is -0.560. The molecule has 0 saturated heterocycles. The normalized spacial score (nSPS) is 40.3. The van der Waals surface area contributed by atoms with Gasteiger partial charge in [0.1, 0.15) is 0 Å². The van der Waals surface area contributed by atoms with Crippen molar-refractivity contribution in [2.24, 2.45) is 17.8 Å². The Morgan fingerprint density at radius 1 is 0.789 bits per heavy atom. The molecule has 4 fully saturated rings. The molecule has 4 aliphatic rings. The van der Waals surface area contributed by atoms with E-state index in [4.69, 9.17) is 0 Å². The first-order valence-corrected chi connectivity index (χ1v) is 12.6. The molecule has 4 bridgehead atoms. The zero-order chi connectivity index (χ0) is 13.3. The molecule has 110 valence electrons. The monoisotopic (exact) mass is 324 g/mol. The summed E-state index contributed by atoms with van der Waals surface area (Å²) in [5.41, 5.74) is 0. The molecule has 0 aromatic rings.